The topological polar surface area (TPSA) is 56.8 Å². The van der Waals surface area contributed by atoms with Crippen molar-refractivity contribution in [1.82, 2.24) is 15.0 Å². The third kappa shape index (κ3) is 2.99. The molecule has 1 fully saturated rings. The van der Waals surface area contributed by atoms with Gasteiger partial charge in [-0.25, -0.2) is 4.98 Å². The number of benzene rings is 1. The van der Waals surface area contributed by atoms with Crippen LogP contribution < -0.4 is 10.2 Å². The molecule has 0 atom stereocenters. The Morgan fingerprint density at radius 1 is 1.13 bits per heavy atom. The van der Waals surface area contributed by atoms with Crippen molar-refractivity contribution < 1.29 is 0 Å². The zero-order valence-electron chi connectivity index (χ0n) is 13.1. The molecule has 1 aliphatic heterocycles. The van der Waals surface area contributed by atoms with E-state index in [1.165, 1.54) is 29.3 Å². The van der Waals surface area contributed by atoms with Crippen LogP contribution in [-0.4, -0.2) is 34.6 Å². The van der Waals surface area contributed by atoms with Crippen LogP contribution in [0, 0.1) is 0 Å². The summed E-state index contributed by atoms with van der Waals surface area (Å²) in [6.45, 7) is 3.03. The van der Waals surface area contributed by atoms with Gasteiger partial charge in [-0.15, -0.1) is 0 Å². The molecule has 2 N–H and O–H groups in total. The fraction of sp³-hybridized carbons (Fsp3) is 0.333. The molecule has 0 spiro atoms. The zero-order chi connectivity index (χ0) is 15.5. The third-order valence-corrected chi connectivity index (χ3v) is 4.42. The van der Waals surface area contributed by atoms with Gasteiger partial charge in [0.15, 0.2) is 0 Å². The van der Waals surface area contributed by atoms with E-state index in [1.54, 1.807) is 0 Å². The highest BCUT2D eigenvalue weighted by Gasteiger charge is 2.13. The molecular weight excluding hydrogens is 286 g/mol. The molecule has 3 aromatic rings. The fourth-order valence-electron chi connectivity index (χ4n) is 3.20. The number of hydrogen-bond donors (Lipinski definition) is 2. The van der Waals surface area contributed by atoms with Gasteiger partial charge in [0.2, 0.25) is 5.95 Å². The van der Waals surface area contributed by atoms with E-state index in [0.717, 1.165) is 31.9 Å². The first-order chi connectivity index (χ1) is 11.4. The lowest BCUT2D eigenvalue weighted by Crippen LogP contribution is -2.19. The summed E-state index contributed by atoms with van der Waals surface area (Å²) >= 11 is 0. The third-order valence-electron chi connectivity index (χ3n) is 4.42. The van der Waals surface area contributed by atoms with E-state index in [2.05, 4.69) is 55.6 Å². The number of H-pyrrole nitrogens is 1. The number of aromatic nitrogens is 3. The summed E-state index contributed by atoms with van der Waals surface area (Å²) in [4.78, 5) is 14.6. The van der Waals surface area contributed by atoms with E-state index in [1.807, 2.05) is 12.3 Å². The van der Waals surface area contributed by atoms with Crippen molar-refractivity contribution in [2.75, 3.05) is 29.9 Å². The van der Waals surface area contributed by atoms with Gasteiger partial charge in [0.25, 0.3) is 0 Å². The van der Waals surface area contributed by atoms with Crippen molar-refractivity contribution in [3.8, 4) is 0 Å². The zero-order valence-corrected chi connectivity index (χ0v) is 13.1. The van der Waals surface area contributed by atoms with Crippen molar-refractivity contribution in [3.05, 3.63) is 48.3 Å². The maximum atomic E-state index is 4.63. The first-order valence-corrected chi connectivity index (χ1v) is 8.27. The van der Waals surface area contributed by atoms with E-state index >= 15 is 0 Å². The number of fused-ring (bicyclic) bond motifs is 1. The van der Waals surface area contributed by atoms with Crippen molar-refractivity contribution in [2.24, 2.45) is 0 Å². The second kappa shape index (κ2) is 6.28. The molecule has 3 heterocycles. The Bertz CT molecular complexity index is 789. The normalized spacial score (nSPS) is 14.5. The Labute approximate surface area is 135 Å². The molecule has 1 saturated heterocycles. The van der Waals surface area contributed by atoms with Gasteiger partial charge in [0, 0.05) is 42.9 Å². The van der Waals surface area contributed by atoms with Crippen molar-refractivity contribution in [3.63, 3.8) is 0 Å². The number of aromatic amines is 1. The van der Waals surface area contributed by atoms with Crippen LogP contribution in [0.4, 0.5) is 11.8 Å². The van der Waals surface area contributed by atoms with Gasteiger partial charge >= 0.3 is 0 Å². The highest BCUT2D eigenvalue weighted by atomic mass is 15.2. The van der Waals surface area contributed by atoms with E-state index in [9.17, 15) is 0 Å². The van der Waals surface area contributed by atoms with Gasteiger partial charge in [0.1, 0.15) is 5.82 Å². The van der Waals surface area contributed by atoms with E-state index < -0.39 is 0 Å². The lowest BCUT2D eigenvalue weighted by molar-refractivity contribution is 0.918. The SMILES string of the molecule is c1ccc2c(CCNc3nccc(N4CCCC4)n3)c[nH]c2c1. The highest BCUT2D eigenvalue weighted by Crippen LogP contribution is 2.19. The minimum atomic E-state index is 0.717. The lowest BCUT2D eigenvalue weighted by atomic mass is 10.1. The smallest absolute Gasteiger partial charge is 0.224 e. The summed E-state index contributed by atoms with van der Waals surface area (Å²) in [6, 6.07) is 10.4. The predicted molar refractivity (Wildman–Crippen MR) is 94.0 cm³/mol. The van der Waals surface area contributed by atoms with Crippen LogP contribution >= 0.6 is 0 Å². The van der Waals surface area contributed by atoms with Crippen LogP contribution in [-0.2, 0) is 6.42 Å². The second-order valence-corrected chi connectivity index (χ2v) is 5.97. The molecule has 5 heteroatoms. The molecule has 118 valence electrons. The molecule has 0 aliphatic carbocycles. The maximum absolute atomic E-state index is 4.63. The number of anilines is 2. The summed E-state index contributed by atoms with van der Waals surface area (Å²) < 4.78 is 0. The van der Waals surface area contributed by atoms with Gasteiger partial charge in [-0.05, 0) is 37.0 Å². The van der Waals surface area contributed by atoms with E-state index in [4.69, 9.17) is 0 Å². The van der Waals surface area contributed by atoms with Crippen molar-refractivity contribution >= 4 is 22.7 Å². The summed E-state index contributed by atoms with van der Waals surface area (Å²) in [5, 5.41) is 4.64. The Hall–Kier alpha value is -2.56. The number of nitrogens with zero attached hydrogens (tertiary/aromatic N) is 3. The second-order valence-electron chi connectivity index (χ2n) is 5.97. The Kier molecular flexibility index (Phi) is 3.84. The maximum Gasteiger partial charge on any atom is 0.224 e. The summed E-state index contributed by atoms with van der Waals surface area (Å²) in [5.41, 5.74) is 2.51. The van der Waals surface area contributed by atoms with Crippen LogP contribution in [0.25, 0.3) is 10.9 Å². The molecule has 1 aliphatic rings. The van der Waals surface area contributed by atoms with Gasteiger partial charge in [0.05, 0.1) is 0 Å². The number of rotatable bonds is 5. The minimum absolute atomic E-state index is 0.717. The summed E-state index contributed by atoms with van der Waals surface area (Å²) in [5.74, 6) is 1.75. The van der Waals surface area contributed by atoms with Gasteiger partial charge in [-0.1, -0.05) is 18.2 Å². The molecule has 5 nitrogen and oxygen atoms in total. The summed E-state index contributed by atoms with van der Waals surface area (Å²) in [6.07, 6.45) is 7.39. The van der Waals surface area contributed by atoms with Gasteiger partial charge in [-0.3, -0.25) is 0 Å². The van der Waals surface area contributed by atoms with E-state index in [0.29, 0.717) is 5.95 Å². The van der Waals surface area contributed by atoms with Gasteiger partial charge < -0.3 is 15.2 Å². The standard InChI is InChI=1S/C18H21N5/c1-2-6-16-15(5-1)14(13-21-16)7-9-19-18-20-10-8-17(22-18)23-11-3-4-12-23/h1-2,5-6,8,10,13,21H,3-4,7,9,11-12H2,(H,19,20,22). The Balaban J connectivity index is 1.40. The molecule has 0 saturated carbocycles. The minimum Gasteiger partial charge on any atom is -0.361 e. The largest absolute Gasteiger partial charge is 0.361 e. The number of hydrogen-bond acceptors (Lipinski definition) is 4. The van der Waals surface area contributed by atoms with Gasteiger partial charge in [-0.2, -0.15) is 4.98 Å². The van der Waals surface area contributed by atoms with Crippen molar-refractivity contribution in [2.45, 2.75) is 19.3 Å². The van der Waals surface area contributed by atoms with E-state index in [-0.39, 0.29) is 0 Å². The molecule has 2 aromatic heterocycles. The highest BCUT2D eigenvalue weighted by molar-refractivity contribution is 5.83. The van der Waals surface area contributed by atoms with Crippen LogP contribution in [0.15, 0.2) is 42.7 Å². The van der Waals surface area contributed by atoms with Crippen LogP contribution in [0.1, 0.15) is 18.4 Å². The molecule has 23 heavy (non-hydrogen) atoms. The number of nitrogens with one attached hydrogen (secondary N) is 2. The first kappa shape index (κ1) is 14.1. The molecular formula is C18H21N5. The van der Waals surface area contributed by atoms with Crippen molar-refractivity contribution in [1.29, 1.82) is 0 Å². The first-order valence-electron chi connectivity index (χ1n) is 8.27. The molecule has 4 rings (SSSR count). The Morgan fingerprint density at radius 2 is 2.00 bits per heavy atom. The average molecular weight is 307 g/mol. The molecule has 0 amide bonds. The fourth-order valence-corrected chi connectivity index (χ4v) is 3.20. The molecule has 0 radical (unpaired) electrons. The van der Waals surface area contributed by atoms with Crippen LogP contribution in [0.2, 0.25) is 0 Å². The molecule has 0 bridgehead atoms. The average Bonchev–Trinajstić information content (AvgIpc) is 3.25. The van der Waals surface area contributed by atoms with Crippen LogP contribution in [0.3, 0.4) is 0 Å². The quantitative estimate of drug-likeness (QED) is 0.760. The molecule has 0 unspecified atom stereocenters. The van der Waals surface area contributed by atoms with Crippen LogP contribution in [0.5, 0.6) is 0 Å². The summed E-state index contributed by atoms with van der Waals surface area (Å²) in [7, 11) is 0. The predicted octanol–water partition coefficient (Wildman–Crippen LogP) is 3.21. The lowest BCUT2D eigenvalue weighted by Gasteiger charge is -2.16. The monoisotopic (exact) mass is 307 g/mol. The Morgan fingerprint density at radius 3 is 2.91 bits per heavy atom. The number of para-hydroxylation sites is 1. The molecule has 1 aromatic carbocycles.